The number of ether oxygens (including phenoxy) is 1. The van der Waals surface area contributed by atoms with Gasteiger partial charge in [0, 0.05) is 18.1 Å². The van der Waals surface area contributed by atoms with Gasteiger partial charge >= 0.3 is 5.97 Å². The summed E-state index contributed by atoms with van der Waals surface area (Å²) in [4.78, 5) is 34.8. The zero-order chi connectivity index (χ0) is 21.8. The first kappa shape index (κ1) is 22.4. The largest absolute Gasteiger partial charge is 0.496 e. The molecule has 0 unspecified atom stereocenters. The fraction of sp³-hybridized carbons (Fsp3) is 0.182. The molecule has 0 saturated heterocycles. The number of amides is 2. The summed E-state index contributed by atoms with van der Waals surface area (Å²) in [5, 5.41) is 15.4. The molecule has 156 valence electrons. The molecule has 0 radical (unpaired) electrons. The Morgan fingerprint density at radius 3 is 2.43 bits per heavy atom. The summed E-state index contributed by atoms with van der Waals surface area (Å²) in [5.41, 5.74) is 4.23. The summed E-state index contributed by atoms with van der Waals surface area (Å²) in [6, 6.07) is 16.2. The zero-order valence-corrected chi connectivity index (χ0v) is 16.5. The molecule has 8 heteroatoms. The van der Waals surface area contributed by atoms with Crippen molar-refractivity contribution in [2.75, 3.05) is 13.7 Å². The monoisotopic (exact) mass is 409 g/mol. The van der Waals surface area contributed by atoms with Gasteiger partial charge in [0.2, 0.25) is 5.91 Å². The van der Waals surface area contributed by atoms with Crippen LogP contribution >= 0.6 is 0 Å². The molecule has 0 aliphatic carbocycles. The van der Waals surface area contributed by atoms with Gasteiger partial charge in [-0.05, 0) is 17.7 Å². The molecule has 30 heavy (non-hydrogen) atoms. The van der Waals surface area contributed by atoms with E-state index in [1.807, 2.05) is 18.2 Å². The second kappa shape index (κ2) is 11.8. The van der Waals surface area contributed by atoms with Crippen molar-refractivity contribution in [1.29, 1.82) is 0 Å². The van der Waals surface area contributed by atoms with Crippen LogP contribution in [0, 0.1) is 0 Å². The summed E-state index contributed by atoms with van der Waals surface area (Å²) in [6.07, 6.45) is 2.93. The molecule has 0 saturated carbocycles. The van der Waals surface area contributed by atoms with Crippen LogP contribution in [0.15, 0.2) is 65.8 Å². The highest BCUT2D eigenvalue weighted by atomic mass is 16.5. The lowest BCUT2D eigenvalue weighted by atomic mass is 10.1. The third-order valence-corrected chi connectivity index (χ3v) is 3.97. The maximum Gasteiger partial charge on any atom is 0.303 e. The van der Waals surface area contributed by atoms with Gasteiger partial charge < -0.3 is 15.2 Å². The van der Waals surface area contributed by atoms with Gasteiger partial charge in [0.15, 0.2) is 0 Å². The number of carboxylic acid groups (broad SMARTS) is 1. The van der Waals surface area contributed by atoms with E-state index in [2.05, 4.69) is 15.8 Å². The Bertz CT molecular complexity index is 939. The number of carbonyl (C=O) groups is 3. The minimum Gasteiger partial charge on any atom is -0.496 e. The predicted octanol–water partition coefficient (Wildman–Crippen LogP) is 2.21. The summed E-state index contributed by atoms with van der Waals surface area (Å²) in [7, 11) is 1.54. The van der Waals surface area contributed by atoms with Crippen molar-refractivity contribution in [3.05, 3.63) is 71.8 Å². The summed E-state index contributed by atoms with van der Waals surface area (Å²) in [6.45, 7) is -0.278. The van der Waals surface area contributed by atoms with Crippen LogP contribution in [0.2, 0.25) is 0 Å². The normalized spacial score (nSPS) is 11.2. The van der Waals surface area contributed by atoms with Crippen LogP contribution in [0.25, 0.3) is 6.08 Å². The number of aliphatic carboxylic acids is 1. The molecular weight excluding hydrogens is 386 g/mol. The van der Waals surface area contributed by atoms with Crippen molar-refractivity contribution in [2.45, 2.75) is 12.8 Å². The third kappa shape index (κ3) is 7.59. The van der Waals surface area contributed by atoms with Crippen LogP contribution in [0.3, 0.4) is 0 Å². The molecule has 2 amide bonds. The minimum atomic E-state index is -0.959. The molecule has 8 nitrogen and oxygen atoms in total. The average Bonchev–Trinajstić information content (AvgIpc) is 2.76. The SMILES string of the molecule is COc1ccccc1/C=C/C(=O)NCC(=O)N/N=C(/CCC(=O)O)c1ccccc1. The van der Waals surface area contributed by atoms with Gasteiger partial charge in [-0.15, -0.1) is 0 Å². The average molecular weight is 409 g/mol. The van der Waals surface area contributed by atoms with E-state index in [1.165, 1.54) is 13.2 Å². The summed E-state index contributed by atoms with van der Waals surface area (Å²) < 4.78 is 5.20. The van der Waals surface area contributed by atoms with E-state index in [4.69, 9.17) is 9.84 Å². The van der Waals surface area contributed by atoms with Crippen LogP contribution in [-0.2, 0) is 14.4 Å². The number of methoxy groups -OCH3 is 1. The van der Waals surface area contributed by atoms with E-state index in [0.29, 0.717) is 17.0 Å². The highest BCUT2D eigenvalue weighted by Crippen LogP contribution is 2.18. The number of hydrogen-bond acceptors (Lipinski definition) is 5. The molecule has 2 aromatic carbocycles. The molecule has 0 atom stereocenters. The fourth-order valence-corrected chi connectivity index (χ4v) is 2.49. The van der Waals surface area contributed by atoms with Gasteiger partial charge in [-0.3, -0.25) is 14.4 Å². The summed E-state index contributed by atoms with van der Waals surface area (Å²) >= 11 is 0. The lowest BCUT2D eigenvalue weighted by Gasteiger charge is -2.07. The van der Waals surface area contributed by atoms with Crippen LogP contribution < -0.4 is 15.5 Å². The van der Waals surface area contributed by atoms with E-state index >= 15 is 0 Å². The Kier molecular flexibility index (Phi) is 8.79. The first-order chi connectivity index (χ1) is 14.5. The molecule has 0 heterocycles. The van der Waals surface area contributed by atoms with Crippen LogP contribution in [0.1, 0.15) is 24.0 Å². The fourth-order valence-electron chi connectivity index (χ4n) is 2.49. The third-order valence-electron chi connectivity index (χ3n) is 3.97. The van der Waals surface area contributed by atoms with Gasteiger partial charge in [-0.1, -0.05) is 48.5 Å². The number of benzene rings is 2. The standard InChI is InChI=1S/C22H23N3O5/c1-30-19-10-6-5-9-17(19)11-13-20(26)23-15-21(27)25-24-18(12-14-22(28)29)16-7-3-2-4-8-16/h2-11,13H,12,14-15H2,1H3,(H,23,26)(H,25,27)(H,28,29)/b13-11+,24-18-. The lowest BCUT2D eigenvalue weighted by Crippen LogP contribution is -2.34. The topological polar surface area (TPSA) is 117 Å². The lowest BCUT2D eigenvalue weighted by molar-refractivity contribution is -0.136. The summed E-state index contributed by atoms with van der Waals surface area (Å²) in [5.74, 6) is -1.31. The van der Waals surface area contributed by atoms with Crippen LogP contribution in [0.5, 0.6) is 5.75 Å². The molecule has 0 spiro atoms. The molecule has 0 aliphatic rings. The Labute approximate surface area is 174 Å². The number of rotatable bonds is 10. The van der Waals surface area contributed by atoms with Gasteiger partial charge in [-0.2, -0.15) is 5.10 Å². The Balaban J connectivity index is 1.90. The van der Waals surface area contributed by atoms with Crippen molar-refractivity contribution in [3.8, 4) is 5.75 Å². The number of carbonyl (C=O) groups excluding carboxylic acids is 2. The van der Waals surface area contributed by atoms with Gasteiger partial charge in [0.1, 0.15) is 5.75 Å². The smallest absolute Gasteiger partial charge is 0.303 e. The number of para-hydroxylation sites is 1. The van der Waals surface area contributed by atoms with Crippen LogP contribution in [0.4, 0.5) is 0 Å². The van der Waals surface area contributed by atoms with E-state index in [0.717, 1.165) is 5.56 Å². The highest BCUT2D eigenvalue weighted by molar-refractivity contribution is 6.02. The maximum absolute atomic E-state index is 12.0. The van der Waals surface area contributed by atoms with E-state index in [1.54, 1.807) is 42.5 Å². The number of nitrogens with zero attached hydrogens (tertiary/aromatic N) is 1. The number of hydrazone groups is 1. The first-order valence-corrected chi connectivity index (χ1v) is 9.21. The Morgan fingerprint density at radius 2 is 1.73 bits per heavy atom. The van der Waals surface area contributed by atoms with E-state index < -0.39 is 17.8 Å². The van der Waals surface area contributed by atoms with Crippen molar-refractivity contribution >= 4 is 29.6 Å². The quantitative estimate of drug-likeness (QED) is 0.316. The zero-order valence-electron chi connectivity index (χ0n) is 16.5. The minimum absolute atomic E-state index is 0.117. The van der Waals surface area contributed by atoms with Gasteiger partial charge in [0.05, 0.1) is 25.8 Å². The van der Waals surface area contributed by atoms with Crippen LogP contribution in [-0.4, -0.2) is 42.3 Å². The molecule has 3 N–H and O–H groups in total. The number of carboxylic acids is 1. The van der Waals surface area contributed by atoms with Crippen molar-refractivity contribution < 1.29 is 24.2 Å². The Hall–Kier alpha value is -3.94. The highest BCUT2D eigenvalue weighted by Gasteiger charge is 2.08. The number of hydrogen-bond donors (Lipinski definition) is 3. The molecule has 2 rings (SSSR count). The Morgan fingerprint density at radius 1 is 1.03 bits per heavy atom. The number of nitrogens with one attached hydrogen (secondary N) is 2. The molecule has 2 aromatic rings. The van der Waals surface area contributed by atoms with Gasteiger partial charge in [-0.25, -0.2) is 5.43 Å². The molecule has 0 fully saturated rings. The van der Waals surface area contributed by atoms with Gasteiger partial charge in [0.25, 0.3) is 5.91 Å². The first-order valence-electron chi connectivity index (χ1n) is 9.21. The van der Waals surface area contributed by atoms with E-state index in [-0.39, 0.29) is 19.4 Å². The molecule has 0 bridgehead atoms. The molecule has 0 aromatic heterocycles. The molecule has 0 aliphatic heterocycles. The van der Waals surface area contributed by atoms with Crippen molar-refractivity contribution in [3.63, 3.8) is 0 Å². The molecular formula is C22H23N3O5. The second-order valence-corrected chi connectivity index (χ2v) is 6.15. The van der Waals surface area contributed by atoms with E-state index in [9.17, 15) is 14.4 Å². The second-order valence-electron chi connectivity index (χ2n) is 6.15. The van der Waals surface area contributed by atoms with Crippen molar-refractivity contribution in [2.24, 2.45) is 5.10 Å². The predicted molar refractivity (Wildman–Crippen MR) is 113 cm³/mol. The van der Waals surface area contributed by atoms with Crippen molar-refractivity contribution in [1.82, 2.24) is 10.7 Å². The maximum atomic E-state index is 12.0.